The second-order valence-electron chi connectivity index (χ2n) is 3.68. The SMILES string of the molecule is c1ccc(Cn2ccnc2-c2cccs2)nc1. The maximum atomic E-state index is 4.40. The Balaban J connectivity index is 1.92. The second kappa shape index (κ2) is 4.51. The molecule has 0 atom stereocenters. The summed E-state index contributed by atoms with van der Waals surface area (Å²) in [4.78, 5) is 9.92. The molecule has 84 valence electrons. The van der Waals surface area contributed by atoms with Gasteiger partial charge in [-0.25, -0.2) is 4.98 Å². The van der Waals surface area contributed by atoms with Gasteiger partial charge in [0, 0.05) is 18.6 Å². The largest absolute Gasteiger partial charge is 0.324 e. The van der Waals surface area contributed by atoms with E-state index in [2.05, 4.69) is 26.0 Å². The molecule has 3 heterocycles. The molecule has 0 aliphatic rings. The minimum absolute atomic E-state index is 0.758. The van der Waals surface area contributed by atoms with Gasteiger partial charge in [-0.2, -0.15) is 0 Å². The van der Waals surface area contributed by atoms with Crippen molar-refractivity contribution in [2.45, 2.75) is 6.54 Å². The molecule has 0 N–H and O–H groups in total. The zero-order valence-electron chi connectivity index (χ0n) is 9.15. The van der Waals surface area contributed by atoms with E-state index in [0.29, 0.717) is 0 Å². The third-order valence-electron chi connectivity index (χ3n) is 2.52. The quantitative estimate of drug-likeness (QED) is 0.705. The summed E-state index contributed by atoms with van der Waals surface area (Å²) >= 11 is 1.70. The van der Waals surface area contributed by atoms with E-state index in [1.54, 1.807) is 11.3 Å². The van der Waals surface area contributed by atoms with Gasteiger partial charge < -0.3 is 4.57 Å². The zero-order chi connectivity index (χ0) is 11.5. The Labute approximate surface area is 103 Å². The standard InChI is InChI=1S/C13H11N3S/c1-2-6-14-11(4-1)10-16-8-7-15-13(16)12-5-3-9-17-12/h1-9H,10H2. The summed E-state index contributed by atoms with van der Waals surface area (Å²) in [5, 5.41) is 2.06. The molecule has 0 bridgehead atoms. The third-order valence-corrected chi connectivity index (χ3v) is 3.38. The Bertz CT molecular complexity index is 584. The Morgan fingerprint density at radius 1 is 1.06 bits per heavy atom. The summed E-state index contributed by atoms with van der Waals surface area (Å²) in [6.07, 6.45) is 5.64. The first kappa shape index (κ1) is 10.2. The van der Waals surface area contributed by atoms with E-state index in [1.807, 2.05) is 42.9 Å². The highest BCUT2D eigenvalue weighted by Crippen LogP contribution is 2.23. The van der Waals surface area contributed by atoms with Crippen LogP contribution < -0.4 is 0 Å². The molecule has 0 aliphatic heterocycles. The van der Waals surface area contributed by atoms with Gasteiger partial charge in [0.25, 0.3) is 0 Å². The minimum Gasteiger partial charge on any atom is -0.324 e. The topological polar surface area (TPSA) is 30.7 Å². The molecule has 0 saturated heterocycles. The predicted molar refractivity (Wildman–Crippen MR) is 68.9 cm³/mol. The van der Waals surface area contributed by atoms with Gasteiger partial charge in [-0.05, 0) is 23.6 Å². The van der Waals surface area contributed by atoms with Crippen molar-refractivity contribution in [1.82, 2.24) is 14.5 Å². The van der Waals surface area contributed by atoms with Crippen molar-refractivity contribution in [3.8, 4) is 10.7 Å². The summed E-state index contributed by atoms with van der Waals surface area (Å²) < 4.78 is 2.12. The minimum atomic E-state index is 0.758. The summed E-state index contributed by atoms with van der Waals surface area (Å²) in [5.74, 6) is 1.01. The third kappa shape index (κ3) is 2.12. The highest BCUT2D eigenvalue weighted by atomic mass is 32.1. The van der Waals surface area contributed by atoms with E-state index in [1.165, 1.54) is 4.88 Å². The summed E-state index contributed by atoms with van der Waals surface area (Å²) in [7, 11) is 0. The number of hydrogen-bond acceptors (Lipinski definition) is 3. The van der Waals surface area contributed by atoms with Crippen LogP contribution in [0.2, 0.25) is 0 Å². The van der Waals surface area contributed by atoms with Gasteiger partial charge in [0.15, 0.2) is 0 Å². The Hall–Kier alpha value is -1.94. The maximum absolute atomic E-state index is 4.40. The molecular weight excluding hydrogens is 230 g/mol. The molecule has 3 aromatic rings. The highest BCUT2D eigenvalue weighted by molar-refractivity contribution is 7.13. The van der Waals surface area contributed by atoms with Gasteiger partial charge in [0.1, 0.15) is 5.82 Å². The smallest absolute Gasteiger partial charge is 0.150 e. The van der Waals surface area contributed by atoms with Gasteiger partial charge in [0.05, 0.1) is 17.1 Å². The molecule has 3 aromatic heterocycles. The average Bonchev–Trinajstić information content (AvgIpc) is 3.00. The second-order valence-corrected chi connectivity index (χ2v) is 4.62. The van der Waals surface area contributed by atoms with Gasteiger partial charge in [-0.3, -0.25) is 4.98 Å². The fourth-order valence-corrected chi connectivity index (χ4v) is 2.47. The molecule has 0 fully saturated rings. The van der Waals surface area contributed by atoms with Crippen molar-refractivity contribution in [3.05, 3.63) is 60.0 Å². The molecule has 0 spiro atoms. The predicted octanol–water partition coefficient (Wildman–Crippen LogP) is 3.05. The number of thiophene rings is 1. The van der Waals surface area contributed by atoms with E-state index in [9.17, 15) is 0 Å². The number of nitrogens with zero attached hydrogens (tertiary/aromatic N) is 3. The monoisotopic (exact) mass is 241 g/mol. The lowest BCUT2D eigenvalue weighted by atomic mass is 10.3. The first-order valence-electron chi connectivity index (χ1n) is 5.38. The Kier molecular flexibility index (Phi) is 2.71. The lowest BCUT2D eigenvalue weighted by molar-refractivity contribution is 0.783. The van der Waals surface area contributed by atoms with E-state index >= 15 is 0 Å². The van der Waals surface area contributed by atoms with Crippen LogP contribution in [0.5, 0.6) is 0 Å². The highest BCUT2D eigenvalue weighted by Gasteiger charge is 2.07. The van der Waals surface area contributed by atoms with Crippen molar-refractivity contribution in [3.63, 3.8) is 0 Å². The van der Waals surface area contributed by atoms with E-state index in [4.69, 9.17) is 0 Å². The van der Waals surface area contributed by atoms with Crippen molar-refractivity contribution in [2.75, 3.05) is 0 Å². The summed E-state index contributed by atoms with van der Waals surface area (Å²) in [6, 6.07) is 10.1. The molecule has 3 rings (SSSR count). The van der Waals surface area contributed by atoms with Crippen LogP contribution in [0.15, 0.2) is 54.3 Å². The van der Waals surface area contributed by atoms with E-state index < -0.39 is 0 Å². The van der Waals surface area contributed by atoms with Gasteiger partial charge in [-0.15, -0.1) is 11.3 Å². The molecule has 0 amide bonds. The molecule has 4 heteroatoms. The molecule has 3 nitrogen and oxygen atoms in total. The van der Waals surface area contributed by atoms with Crippen molar-refractivity contribution in [1.29, 1.82) is 0 Å². The lowest BCUT2D eigenvalue weighted by Crippen LogP contribution is -2.01. The average molecular weight is 241 g/mol. The van der Waals surface area contributed by atoms with Crippen LogP contribution in [0.3, 0.4) is 0 Å². The van der Waals surface area contributed by atoms with Crippen molar-refractivity contribution >= 4 is 11.3 Å². The van der Waals surface area contributed by atoms with Gasteiger partial charge in [-0.1, -0.05) is 12.1 Å². The van der Waals surface area contributed by atoms with Gasteiger partial charge in [0.2, 0.25) is 0 Å². The molecule has 0 saturated carbocycles. The molecule has 0 radical (unpaired) electrons. The lowest BCUT2D eigenvalue weighted by Gasteiger charge is -2.05. The van der Waals surface area contributed by atoms with E-state index in [-0.39, 0.29) is 0 Å². The molecule has 17 heavy (non-hydrogen) atoms. The van der Waals surface area contributed by atoms with Crippen LogP contribution in [0, 0.1) is 0 Å². The Morgan fingerprint density at radius 3 is 2.82 bits per heavy atom. The van der Waals surface area contributed by atoms with Crippen LogP contribution in [0.25, 0.3) is 10.7 Å². The van der Waals surface area contributed by atoms with Crippen LogP contribution in [0.1, 0.15) is 5.69 Å². The van der Waals surface area contributed by atoms with Crippen LogP contribution >= 0.6 is 11.3 Å². The van der Waals surface area contributed by atoms with Crippen molar-refractivity contribution < 1.29 is 0 Å². The van der Waals surface area contributed by atoms with Crippen LogP contribution in [-0.2, 0) is 6.54 Å². The maximum Gasteiger partial charge on any atom is 0.150 e. The normalized spacial score (nSPS) is 10.6. The summed E-state index contributed by atoms with van der Waals surface area (Å²) in [5.41, 5.74) is 1.04. The number of pyridine rings is 1. The Morgan fingerprint density at radius 2 is 2.06 bits per heavy atom. The molecule has 0 unspecified atom stereocenters. The summed E-state index contributed by atoms with van der Waals surface area (Å²) in [6.45, 7) is 0.758. The first-order chi connectivity index (χ1) is 8.43. The number of aromatic nitrogens is 3. The van der Waals surface area contributed by atoms with Crippen LogP contribution in [0.4, 0.5) is 0 Å². The first-order valence-corrected chi connectivity index (χ1v) is 6.26. The molecule has 0 aliphatic carbocycles. The fraction of sp³-hybridized carbons (Fsp3) is 0.0769. The van der Waals surface area contributed by atoms with Crippen molar-refractivity contribution in [2.24, 2.45) is 0 Å². The fourth-order valence-electron chi connectivity index (χ4n) is 1.73. The zero-order valence-corrected chi connectivity index (χ0v) is 9.97. The van der Waals surface area contributed by atoms with Gasteiger partial charge >= 0.3 is 0 Å². The number of rotatable bonds is 3. The van der Waals surface area contributed by atoms with Crippen LogP contribution in [-0.4, -0.2) is 14.5 Å². The number of hydrogen-bond donors (Lipinski definition) is 0. The molecule has 0 aromatic carbocycles. The number of imidazole rings is 1. The van der Waals surface area contributed by atoms with E-state index in [0.717, 1.165) is 18.1 Å². The molecular formula is C13H11N3S.